The van der Waals surface area contributed by atoms with Gasteiger partial charge in [-0.3, -0.25) is 4.79 Å². The van der Waals surface area contributed by atoms with E-state index in [9.17, 15) is 9.18 Å². The first-order chi connectivity index (χ1) is 6.66. The fourth-order valence-corrected chi connectivity index (χ4v) is 1.10. The predicted molar refractivity (Wildman–Crippen MR) is 53.2 cm³/mol. The molecule has 72 valence electrons. The van der Waals surface area contributed by atoms with Crippen LogP contribution >= 0.6 is 0 Å². The average molecular weight is 191 g/mol. The number of benzene rings is 1. The summed E-state index contributed by atoms with van der Waals surface area (Å²) in [7, 11) is 0. The van der Waals surface area contributed by atoms with Gasteiger partial charge < -0.3 is 5.73 Å². The molecule has 0 unspecified atom stereocenters. The van der Waals surface area contributed by atoms with Gasteiger partial charge in [-0.2, -0.15) is 0 Å². The number of Topliss-reactive ketones (excluding diaryl/α,β-unsaturated/α-hetero) is 1. The molecular weight excluding hydrogens is 181 g/mol. The Morgan fingerprint density at radius 3 is 2.93 bits per heavy atom. The second-order valence-corrected chi connectivity index (χ2v) is 2.83. The molecule has 2 nitrogen and oxygen atoms in total. The highest BCUT2D eigenvalue weighted by molar-refractivity contribution is 6.00. The number of ketones is 1. The molecule has 0 bridgehead atoms. The van der Waals surface area contributed by atoms with Gasteiger partial charge in [0.25, 0.3) is 0 Å². The van der Waals surface area contributed by atoms with Crippen molar-refractivity contribution in [1.29, 1.82) is 0 Å². The molecule has 0 saturated carbocycles. The van der Waals surface area contributed by atoms with E-state index in [2.05, 4.69) is 5.92 Å². The summed E-state index contributed by atoms with van der Waals surface area (Å²) in [5.41, 5.74) is 5.51. The van der Waals surface area contributed by atoms with Crippen LogP contribution in [0, 0.1) is 18.2 Å². The molecule has 0 aliphatic rings. The molecule has 0 aliphatic heterocycles. The van der Waals surface area contributed by atoms with Crippen molar-refractivity contribution in [3.63, 3.8) is 0 Å². The fraction of sp³-hybridized carbons (Fsp3) is 0.182. The summed E-state index contributed by atoms with van der Waals surface area (Å²) in [6, 6.07) is 4.17. The molecule has 0 aromatic heterocycles. The molecule has 0 atom stereocenters. The van der Waals surface area contributed by atoms with Gasteiger partial charge in [-0.15, -0.1) is 12.3 Å². The molecule has 1 aromatic carbocycles. The van der Waals surface area contributed by atoms with Crippen molar-refractivity contribution in [2.24, 2.45) is 0 Å². The number of nitrogens with two attached hydrogens (primary N) is 1. The Labute approximate surface area is 81.9 Å². The minimum atomic E-state index is -0.573. The van der Waals surface area contributed by atoms with Crippen molar-refractivity contribution in [2.45, 2.75) is 12.8 Å². The minimum Gasteiger partial charge on any atom is -0.396 e. The van der Waals surface area contributed by atoms with E-state index in [4.69, 9.17) is 12.2 Å². The Kier molecular flexibility index (Phi) is 3.24. The molecule has 1 rings (SSSR count). The van der Waals surface area contributed by atoms with Crippen LogP contribution in [0.1, 0.15) is 23.2 Å². The second-order valence-electron chi connectivity index (χ2n) is 2.83. The number of rotatable bonds is 3. The quantitative estimate of drug-likeness (QED) is 0.451. The lowest BCUT2D eigenvalue weighted by molar-refractivity contribution is 0.0985. The standard InChI is InChI=1S/C11H10FNO/c1-2-3-7-10(14)8-5-4-6-9(12)11(8)13/h1,4-6H,3,7,13H2. The first-order valence-corrected chi connectivity index (χ1v) is 4.17. The Balaban J connectivity index is 2.91. The van der Waals surface area contributed by atoms with Gasteiger partial charge in [-0.1, -0.05) is 6.07 Å². The molecule has 0 amide bonds. The monoisotopic (exact) mass is 191 g/mol. The maximum atomic E-state index is 12.9. The number of nitrogen functional groups attached to an aromatic ring is 1. The van der Waals surface area contributed by atoms with Crippen LogP contribution in [0.5, 0.6) is 0 Å². The Bertz CT molecular complexity index is 393. The van der Waals surface area contributed by atoms with Gasteiger partial charge in [0.1, 0.15) is 5.82 Å². The van der Waals surface area contributed by atoms with Gasteiger partial charge in [0.2, 0.25) is 0 Å². The van der Waals surface area contributed by atoms with Gasteiger partial charge in [0.15, 0.2) is 5.78 Å². The van der Waals surface area contributed by atoms with Crippen molar-refractivity contribution < 1.29 is 9.18 Å². The highest BCUT2D eigenvalue weighted by atomic mass is 19.1. The molecule has 0 fully saturated rings. The first kappa shape index (κ1) is 10.3. The van der Waals surface area contributed by atoms with E-state index < -0.39 is 5.82 Å². The van der Waals surface area contributed by atoms with Crippen molar-refractivity contribution in [3.05, 3.63) is 29.6 Å². The Morgan fingerprint density at radius 1 is 1.57 bits per heavy atom. The van der Waals surface area contributed by atoms with Crippen molar-refractivity contribution in [2.75, 3.05) is 5.73 Å². The van der Waals surface area contributed by atoms with Crippen molar-refractivity contribution >= 4 is 11.5 Å². The number of terminal acetylenes is 1. The van der Waals surface area contributed by atoms with E-state index >= 15 is 0 Å². The number of carbonyl (C=O) groups excluding carboxylic acids is 1. The van der Waals surface area contributed by atoms with E-state index in [-0.39, 0.29) is 23.5 Å². The number of para-hydroxylation sites is 1. The van der Waals surface area contributed by atoms with Crippen LogP contribution in [0.25, 0.3) is 0 Å². The van der Waals surface area contributed by atoms with E-state index in [1.807, 2.05) is 0 Å². The number of hydrogen-bond donors (Lipinski definition) is 1. The summed E-state index contributed by atoms with van der Waals surface area (Å²) in [4.78, 5) is 11.4. The number of halogens is 1. The SMILES string of the molecule is C#CCCC(=O)c1cccc(F)c1N. The molecular formula is C11H10FNO. The predicted octanol–water partition coefficient (Wildman–Crippen LogP) is 2.00. The van der Waals surface area contributed by atoms with Gasteiger partial charge in [-0.05, 0) is 12.1 Å². The molecule has 14 heavy (non-hydrogen) atoms. The van der Waals surface area contributed by atoms with Crippen molar-refractivity contribution in [1.82, 2.24) is 0 Å². The molecule has 2 N–H and O–H groups in total. The summed E-state index contributed by atoms with van der Waals surface area (Å²) >= 11 is 0. The minimum absolute atomic E-state index is 0.102. The second kappa shape index (κ2) is 4.43. The smallest absolute Gasteiger partial charge is 0.166 e. The number of carbonyl (C=O) groups is 1. The zero-order chi connectivity index (χ0) is 10.6. The average Bonchev–Trinajstić information content (AvgIpc) is 2.18. The maximum absolute atomic E-state index is 12.9. The van der Waals surface area contributed by atoms with E-state index in [1.165, 1.54) is 18.2 Å². The summed E-state index contributed by atoms with van der Waals surface area (Å²) in [6.45, 7) is 0. The highest BCUT2D eigenvalue weighted by Gasteiger charge is 2.11. The van der Waals surface area contributed by atoms with Crippen LogP contribution in [-0.2, 0) is 0 Å². The summed E-state index contributed by atoms with van der Waals surface area (Å²) in [5.74, 6) is 1.55. The maximum Gasteiger partial charge on any atom is 0.166 e. The summed E-state index contributed by atoms with van der Waals surface area (Å²) in [6.07, 6.45) is 5.56. The van der Waals surface area contributed by atoms with Crippen LogP contribution < -0.4 is 5.73 Å². The van der Waals surface area contributed by atoms with Crippen LogP contribution in [0.15, 0.2) is 18.2 Å². The molecule has 1 aromatic rings. The lowest BCUT2D eigenvalue weighted by Crippen LogP contribution is -2.05. The lowest BCUT2D eigenvalue weighted by Gasteiger charge is -2.03. The molecule has 0 heterocycles. The molecule has 0 aliphatic carbocycles. The molecule has 0 radical (unpaired) electrons. The Morgan fingerprint density at radius 2 is 2.29 bits per heavy atom. The van der Waals surface area contributed by atoms with Gasteiger partial charge >= 0.3 is 0 Å². The molecule has 3 heteroatoms. The fourth-order valence-electron chi connectivity index (χ4n) is 1.10. The van der Waals surface area contributed by atoms with Crippen LogP contribution in [0.3, 0.4) is 0 Å². The van der Waals surface area contributed by atoms with Gasteiger partial charge in [0, 0.05) is 18.4 Å². The third-order valence-electron chi connectivity index (χ3n) is 1.85. The first-order valence-electron chi connectivity index (χ1n) is 4.17. The highest BCUT2D eigenvalue weighted by Crippen LogP contribution is 2.17. The third-order valence-corrected chi connectivity index (χ3v) is 1.85. The van der Waals surface area contributed by atoms with E-state index in [0.29, 0.717) is 6.42 Å². The Hall–Kier alpha value is -1.82. The molecule has 0 spiro atoms. The van der Waals surface area contributed by atoms with Gasteiger partial charge in [0.05, 0.1) is 5.69 Å². The van der Waals surface area contributed by atoms with E-state index in [0.717, 1.165) is 0 Å². The van der Waals surface area contributed by atoms with Crippen molar-refractivity contribution in [3.8, 4) is 12.3 Å². The number of hydrogen-bond acceptors (Lipinski definition) is 2. The largest absolute Gasteiger partial charge is 0.396 e. The topological polar surface area (TPSA) is 43.1 Å². The summed E-state index contributed by atoms with van der Waals surface area (Å²) in [5, 5.41) is 0. The number of anilines is 1. The van der Waals surface area contributed by atoms with Crippen LogP contribution in [-0.4, -0.2) is 5.78 Å². The van der Waals surface area contributed by atoms with Gasteiger partial charge in [-0.25, -0.2) is 4.39 Å². The zero-order valence-corrected chi connectivity index (χ0v) is 7.59. The summed E-state index contributed by atoms with van der Waals surface area (Å²) < 4.78 is 12.9. The zero-order valence-electron chi connectivity index (χ0n) is 7.59. The lowest BCUT2D eigenvalue weighted by atomic mass is 10.0. The molecule has 0 saturated heterocycles. The van der Waals surface area contributed by atoms with Crippen LogP contribution in [0.2, 0.25) is 0 Å². The third kappa shape index (κ3) is 2.11. The van der Waals surface area contributed by atoms with E-state index in [1.54, 1.807) is 0 Å². The van der Waals surface area contributed by atoms with Crippen LogP contribution in [0.4, 0.5) is 10.1 Å². The normalized spacial score (nSPS) is 9.43.